The van der Waals surface area contributed by atoms with E-state index in [1.54, 1.807) is 0 Å². The first-order valence-corrected chi connectivity index (χ1v) is 7.26. The first kappa shape index (κ1) is 13.8. The maximum Gasteiger partial charge on any atom is 0.255 e. The summed E-state index contributed by atoms with van der Waals surface area (Å²) in [6, 6.07) is 13.5. The van der Waals surface area contributed by atoms with Gasteiger partial charge in [0.25, 0.3) is 5.91 Å². The zero-order valence-corrected chi connectivity index (χ0v) is 12.6. The molecule has 0 unspecified atom stereocenters. The molecule has 19 heavy (non-hydrogen) atoms. The summed E-state index contributed by atoms with van der Waals surface area (Å²) in [5.74, 6) is -0.0727. The third kappa shape index (κ3) is 3.24. The minimum atomic E-state index is -0.0727. The lowest BCUT2D eigenvalue weighted by Crippen LogP contribution is -2.13. The predicted octanol–water partition coefficient (Wildman–Crippen LogP) is 4.45. The van der Waals surface area contributed by atoms with Crippen LogP contribution in [0.15, 0.2) is 42.5 Å². The molecule has 0 radical (unpaired) electrons. The van der Waals surface area contributed by atoms with Gasteiger partial charge in [-0.3, -0.25) is 4.79 Å². The van der Waals surface area contributed by atoms with Crippen molar-refractivity contribution in [1.29, 1.82) is 0 Å². The number of aryl methyl sites for hydroxylation is 2. The van der Waals surface area contributed by atoms with Crippen LogP contribution in [0.25, 0.3) is 0 Å². The molecule has 0 aliphatic heterocycles. The van der Waals surface area contributed by atoms with Gasteiger partial charge in [-0.05, 0) is 48.7 Å². The van der Waals surface area contributed by atoms with E-state index >= 15 is 0 Å². The number of rotatable bonds is 3. The molecule has 2 rings (SSSR count). The van der Waals surface area contributed by atoms with Crippen LogP contribution < -0.4 is 5.32 Å². The van der Waals surface area contributed by atoms with Crippen molar-refractivity contribution < 1.29 is 4.79 Å². The van der Waals surface area contributed by atoms with Gasteiger partial charge in [0.1, 0.15) is 0 Å². The van der Waals surface area contributed by atoms with E-state index in [9.17, 15) is 4.79 Å². The quantitative estimate of drug-likeness (QED) is 0.832. The SMILES string of the molecule is Cc1ccc(C(=O)Nc2ccccc2CBr)cc1C. The summed E-state index contributed by atoms with van der Waals surface area (Å²) in [6.07, 6.45) is 0. The molecular weight excluding hydrogens is 302 g/mol. The molecule has 0 spiro atoms. The molecule has 0 aliphatic rings. The Morgan fingerprint density at radius 1 is 1.11 bits per heavy atom. The van der Waals surface area contributed by atoms with Crippen LogP contribution >= 0.6 is 15.9 Å². The van der Waals surface area contributed by atoms with E-state index in [4.69, 9.17) is 0 Å². The minimum absolute atomic E-state index is 0.0727. The summed E-state index contributed by atoms with van der Waals surface area (Å²) in [6.45, 7) is 4.05. The summed E-state index contributed by atoms with van der Waals surface area (Å²) in [4.78, 5) is 12.2. The first-order valence-electron chi connectivity index (χ1n) is 6.14. The average molecular weight is 318 g/mol. The fourth-order valence-electron chi connectivity index (χ4n) is 1.84. The predicted molar refractivity (Wildman–Crippen MR) is 82.9 cm³/mol. The highest BCUT2D eigenvalue weighted by atomic mass is 79.9. The molecule has 0 saturated heterocycles. The second-order valence-electron chi connectivity index (χ2n) is 4.54. The van der Waals surface area contributed by atoms with Crippen molar-refractivity contribution in [2.24, 2.45) is 0 Å². The molecule has 1 amide bonds. The summed E-state index contributed by atoms with van der Waals surface area (Å²) in [5.41, 5.74) is 4.92. The molecule has 98 valence electrons. The van der Waals surface area contributed by atoms with Gasteiger partial charge in [-0.1, -0.05) is 40.2 Å². The molecule has 3 heteroatoms. The summed E-state index contributed by atoms with van der Waals surface area (Å²) >= 11 is 3.42. The first-order chi connectivity index (χ1) is 9.11. The molecule has 1 N–H and O–H groups in total. The van der Waals surface area contributed by atoms with Crippen LogP contribution in [0, 0.1) is 13.8 Å². The van der Waals surface area contributed by atoms with Gasteiger partial charge in [-0.15, -0.1) is 0 Å². The Labute approximate surface area is 122 Å². The van der Waals surface area contributed by atoms with Gasteiger partial charge >= 0.3 is 0 Å². The van der Waals surface area contributed by atoms with E-state index in [0.717, 1.165) is 22.1 Å². The number of carbonyl (C=O) groups excluding carboxylic acids is 1. The lowest BCUT2D eigenvalue weighted by molar-refractivity contribution is 0.102. The second kappa shape index (κ2) is 6.02. The van der Waals surface area contributed by atoms with Crippen LogP contribution in [0.3, 0.4) is 0 Å². The van der Waals surface area contributed by atoms with Gasteiger partial charge in [-0.2, -0.15) is 0 Å². The number of nitrogens with one attached hydrogen (secondary N) is 1. The highest BCUT2D eigenvalue weighted by Crippen LogP contribution is 2.19. The smallest absolute Gasteiger partial charge is 0.255 e. The van der Waals surface area contributed by atoms with Crippen LogP contribution in [-0.4, -0.2) is 5.91 Å². The number of hydrogen-bond acceptors (Lipinski definition) is 1. The van der Waals surface area contributed by atoms with Crippen molar-refractivity contribution >= 4 is 27.5 Å². The van der Waals surface area contributed by atoms with Crippen molar-refractivity contribution in [1.82, 2.24) is 0 Å². The Morgan fingerprint density at radius 2 is 1.84 bits per heavy atom. The third-order valence-corrected chi connectivity index (χ3v) is 3.78. The van der Waals surface area contributed by atoms with Gasteiger partial charge in [0.15, 0.2) is 0 Å². The van der Waals surface area contributed by atoms with Gasteiger partial charge in [0.05, 0.1) is 0 Å². The Morgan fingerprint density at radius 3 is 2.53 bits per heavy atom. The Hall–Kier alpha value is -1.61. The molecule has 0 atom stereocenters. The van der Waals surface area contributed by atoms with Crippen LogP contribution in [0.1, 0.15) is 27.0 Å². The summed E-state index contributed by atoms with van der Waals surface area (Å²) < 4.78 is 0. The van der Waals surface area contributed by atoms with Gasteiger partial charge < -0.3 is 5.32 Å². The van der Waals surface area contributed by atoms with Crippen molar-refractivity contribution in [3.8, 4) is 0 Å². The van der Waals surface area contributed by atoms with E-state index in [1.165, 1.54) is 5.56 Å². The van der Waals surface area contributed by atoms with Crippen LogP contribution in [0.2, 0.25) is 0 Å². The number of carbonyl (C=O) groups is 1. The molecule has 2 nitrogen and oxygen atoms in total. The topological polar surface area (TPSA) is 29.1 Å². The normalized spacial score (nSPS) is 10.3. The number of amides is 1. The van der Waals surface area contributed by atoms with Crippen molar-refractivity contribution in [3.63, 3.8) is 0 Å². The maximum atomic E-state index is 12.2. The van der Waals surface area contributed by atoms with Crippen molar-refractivity contribution in [3.05, 3.63) is 64.7 Å². The number of anilines is 1. The minimum Gasteiger partial charge on any atom is -0.322 e. The van der Waals surface area contributed by atoms with E-state index in [2.05, 4.69) is 21.2 Å². The fraction of sp³-hybridized carbons (Fsp3) is 0.188. The molecule has 0 heterocycles. The lowest BCUT2D eigenvalue weighted by atomic mass is 10.1. The van der Waals surface area contributed by atoms with E-state index < -0.39 is 0 Å². The zero-order chi connectivity index (χ0) is 13.8. The van der Waals surface area contributed by atoms with Gasteiger partial charge in [0, 0.05) is 16.6 Å². The number of para-hydroxylation sites is 1. The van der Waals surface area contributed by atoms with Crippen molar-refractivity contribution in [2.45, 2.75) is 19.2 Å². The molecule has 0 saturated carbocycles. The average Bonchev–Trinajstić information content (AvgIpc) is 2.42. The fourth-order valence-corrected chi connectivity index (χ4v) is 2.32. The zero-order valence-electron chi connectivity index (χ0n) is 11.0. The monoisotopic (exact) mass is 317 g/mol. The molecule has 0 bridgehead atoms. The Bertz CT molecular complexity index is 607. The Balaban J connectivity index is 2.23. The van der Waals surface area contributed by atoms with Crippen LogP contribution in [0.5, 0.6) is 0 Å². The molecular formula is C16H16BrNO. The lowest BCUT2D eigenvalue weighted by Gasteiger charge is -2.10. The third-order valence-electron chi connectivity index (χ3n) is 3.18. The standard InChI is InChI=1S/C16H16BrNO/c1-11-7-8-13(9-12(11)2)16(19)18-15-6-4-3-5-14(15)10-17/h3-9H,10H2,1-2H3,(H,18,19). The second-order valence-corrected chi connectivity index (χ2v) is 5.10. The van der Waals surface area contributed by atoms with Gasteiger partial charge in [-0.25, -0.2) is 0 Å². The van der Waals surface area contributed by atoms with Crippen molar-refractivity contribution in [2.75, 3.05) is 5.32 Å². The summed E-state index contributed by atoms with van der Waals surface area (Å²) in [5, 5.41) is 3.67. The van der Waals surface area contributed by atoms with E-state index in [1.807, 2.05) is 56.3 Å². The number of halogens is 1. The maximum absolute atomic E-state index is 12.2. The molecule has 2 aromatic rings. The number of alkyl halides is 1. The highest BCUT2D eigenvalue weighted by Gasteiger charge is 2.09. The largest absolute Gasteiger partial charge is 0.322 e. The molecule has 0 aromatic heterocycles. The molecule has 0 fully saturated rings. The van der Waals surface area contributed by atoms with E-state index in [-0.39, 0.29) is 5.91 Å². The summed E-state index contributed by atoms with van der Waals surface area (Å²) in [7, 11) is 0. The van der Waals surface area contributed by atoms with E-state index in [0.29, 0.717) is 5.56 Å². The molecule has 0 aliphatic carbocycles. The Kier molecular flexibility index (Phi) is 4.38. The highest BCUT2D eigenvalue weighted by molar-refractivity contribution is 9.08. The number of benzene rings is 2. The van der Waals surface area contributed by atoms with Crippen LogP contribution in [0.4, 0.5) is 5.69 Å². The van der Waals surface area contributed by atoms with Gasteiger partial charge in [0.2, 0.25) is 0 Å². The number of hydrogen-bond donors (Lipinski definition) is 1. The molecule has 2 aromatic carbocycles. The van der Waals surface area contributed by atoms with Crippen LogP contribution in [-0.2, 0) is 5.33 Å².